The Hall–Kier alpha value is -4.37. The van der Waals surface area contributed by atoms with Crippen LogP contribution in [0, 0.1) is 25.2 Å². The van der Waals surface area contributed by atoms with E-state index in [1.165, 1.54) is 4.90 Å². The lowest BCUT2D eigenvalue weighted by atomic mass is 9.97. The number of nitrogens with one attached hydrogen (secondary N) is 1. The molecule has 1 aliphatic heterocycles. The van der Waals surface area contributed by atoms with Crippen LogP contribution >= 0.6 is 0 Å². The van der Waals surface area contributed by atoms with E-state index < -0.39 is 11.8 Å². The van der Waals surface area contributed by atoms with E-state index in [0.717, 1.165) is 35.6 Å². The van der Waals surface area contributed by atoms with Crippen LogP contribution in [0.2, 0.25) is 0 Å². The van der Waals surface area contributed by atoms with Gasteiger partial charge in [-0.3, -0.25) is 9.59 Å². The smallest absolute Gasteiger partial charge is 0.282 e. The van der Waals surface area contributed by atoms with E-state index >= 15 is 0 Å². The fourth-order valence-electron chi connectivity index (χ4n) is 4.40. The predicted octanol–water partition coefficient (Wildman–Crippen LogP) is 5.42. The van der Waals surface area contributed by atoms with Gasteiger partial charge in [-0.2, -0.15) is 5.26 Å². The Morgan fingerprint density at radius 3 is 2.11 bits per heavy atom. The van der Waals surface area contributed by atoms with Crippen LogP contribution in [0.4, 0.5) is 17.1 Å². The molecule has 0 aromatic heterocycles. The van der Waals surface area contributed by atoms with Gasteiger partial charge in [0.1, 0.15) is 5.70 Å². The van der Waals surface area contributed by atoms with Crippen molar-refractivity contribution in [2.45, 2.75) is 27.7 Å². The molecule has 0 spiro atoms. The van der Waals surface area contributed by atoms with Gasteiger partial charge in [0.15, 0.2) is 0 Å². The number of benzene rings is 3. The molecule has 1 aliphatic rings. The molecule has 3 aromatic carbocycles. The van der Waals surface area contributed by atoms with E-state index in [1.807, 2.05) is 56.3 Å². The average molecular weight is 465 g/mol. The van der Waals surface area contributed by atoms with Crippen LogP contribution in [0.15, 0.2) is 72.4 Å². The van der Waals surface area contributed by atoms with Crippen molar-refractivity contribution >= 4 is 34.4 Å². The summed E-state index contributed by atoms with van der Waals surface area (Å²) in [4.78, 5) is 30.7. The monoisotopic (exact) mass is 464 g/mol. The maximum Gasteiger partial charge on any atom is 0.282 e. The SMILES string of the molecule is CCN(CC)c1ccc(NC2=C(c3ccc(C)cc3C)C(=O)N(c3ccc(C#N)cc3)C2=O)cc1. The molecule has 0 saturated carbocycles. The first-order valence-corrected chi connectivity index (χ1v) is 11.7. The average Bonchev–Trinajstić information content (AvgIpc) is 3.10. The van der Waals surface area contributed by atoms with Gasteiger partial charge in [0.05, 0.1) is 22.9 Å². The van der Waals surface area contributed by atoms with Crippen LogP contribution in [-0.4, -0.2) is 24.9 Å². The van der Waals surface area contributed by atoms with Gasteiger partial charge in [0, 0.05) is 24.5 Å². The third-order valence-electron chi connectivity index (χ3n) is 6.25. The van der Waals surface area contributed by atoms with Crippen LogP contribution in [0.5, 0.6) is 0 Å². The summed E-state index contributed by atoms with van der Waals surface area (Å²) in [6, 6.07) is 22.2. The van der Waals surface area contributed by atoms with Crippen LogP contribution in [0.25, 0.3) is 5.57 Å². The number of nitriles is 1. The molecule has 0 unspecified atom stereocenters. The molecule has 176 valence electrons. The Morgan fingerprint density at radius 2 is 1.54 bits per heavy atom. The Labute approximate surface area is 206 Å². The summed E-state index contributed by atoms with van der Waals surface area (Å²) < 4.78 is 0. The molecular formula is C29H28N4O2. The van der Waals surface area contributed by atoms with Gasteiger partial charge >= 0.3 is 0 Å². The second-order valence-electron chi connectivity index (χ2n) is 8.52. The molecule has 0 saturated heterocycles. The number of imide groups is 1. The Morgan fingerprint density at radius 1 is 0.886 bits per heavy atom. The standard InChI is InChI=1S/C29H28N4O2/c1-5-32(6-2)23-14-10-22(11-15-23)31-27-26(25-16-7-19(3)17-20(25)4)28(34)33(29(27)35)24-12-8-21(18-30)9-13-24/h7-17,31H,5-6H2,1-4H3. The maximum atomic E-state index is 13.7. The normalized spacial score (nSPS) is 13.3. The zero-order valence-electron chi connectivity index (χ0n) is 20.4. The molecule has 0 bridgehead atoms. The first-order valence-electron chi connectivity index (χ1n) is 11.7. The molecule has 0 aliphatic carbocycles. The van der Waals surface area contributed by atoms with Gasteiger partial charge in [0.25, 0.3) is 11.8 Å². The van der Waals surface area contributed by atoms with Gasteiger partial charge < -0.3 is 10.2 Å². The largest absolute Gasteiger partial charge is 0.372 e. The van der Waals surface area contributed by atoms with Crippen LogP contribution in [-0.2, 0) is 9.59 Å². The van der Waals surface area contributed by atoms with E-state index in [4.69, 9.17) is 5.26 Å². The van der Waals surface area contributed by atoms with Gasteiger partial charge in [-0.1, -0.05) is 23.8 Å². The number of carbonyl (C=O) groups is 2. The Bertz CT molecular complexity index is 1340. The molecule has 1 N–H and O–H groups in total. The van der Waals surface area contributed by atoms with Crippen molar-refractivity contribution in [3.8, 4) is 6.07 Å². The Balaban J connectivity index is 1.77. The molecule has 4 rings (SSSR count). The van der Waals surface area contributed by atoms with Crippen molar-refractivity contribution in [1.29, 1.82) is 5.26 Å². The van der Waals surface area contributed by atoms with Gasteiger partial charge in [-0.25, -0.2) is 4.90 Å². The summed E-state index contributed by atoms with van der Waals surface area (Å²) in [6.45, 7) is 9.95. The fourth-order valence-corrected chi connectivity index (χ4v) is 4.40. The molecule has 0 atom stereocenters. The predicted molar refractivity (Wildman–Crippen MR) is 140 cm³/mol. The highest BCUT2D eigenvalue weighted by Gasteiger charge is 2.40. The number of rotatable bonds is 7. The molecule has 0 radical (unpaired) electrons. The minimum absolute atomic E-state index is 0.238. The number of amides is 2. The first kappa shape index (κ1) is 23.8. The van der Waals surface area contributed by atoms with Crippen LogP contribution in [0.1, 0.15) is 36.1 Å². The summed E-state index contributed by atoms with van der Waals surface area (Å²) >= 11 is 0. The van der Waals surface area contributed by atoms with Crippen molar-refractivity contribution in [1.82, 2.24) is 0 Å². The summed E-state index contributed by atoms with van der Waals surface area (Å²) in [5.74, 6) is -0.823. The third kappa shape index (κ3) is 4.53. The zero-order valence-corrected chi connectivity index (χ0v) is 20.4. The van der Waals surface area contributed by atoms with Crippen molar-refractivity contribution in [3.63, 3.8) is 0 Å². The number of hydrogen-bond donors (Lipinski definition) is 1. The second kappa shape index (κ2) is 9.86. The minimum Gasteiger partial charge on any atom is -0.372 e. The molecule has 3 aromatic rings. The number of carbonyl (C=O) groups excluding carboxylic acids is 2. The summed E-state index contributed by atoms with van der Waals surface area (Å²) in [7, 11) is 0. The molecule has 0 fully saturated rings. The number of aryl methyl sites for hydroxylation is 2. The lowest BCUT2D eigenvalue weighted by Gasteiger charge is -2.21. The minimum atomic E-state index is -0.428. The van der Waals surface area contributed by atoms with Gasteiger partial charge in [-0.15, -0.1) is 0 Å². The van der Waals surface area contributed by atoms with E-state index in [2.05, 4.69) is 30.1 Å². The summed E-state index contributed by atoms with van der Waals surface area (Å²) in [5, 5.41) is 12.3. The van der Waals surface area contributed by atoms with Gasteiger partial charge in [-0.05, 0) is 87.4 Å². The number of nitrogens with zero attached hydrogens (tertiary/aromatic N) is 3. The van der Waals surface area contributed by atoms with Crippen molar-refractivity contribution < 1.29 is 9.59 Å². The molecule has 35 heavy (non-hydrogen) atoms. The highest BCUT2D eigenvalue weighted by atomic mass is 16.2. The van der Waals surface area contributed by atoms with E-state index in [0.29, 0.717) is 22.4 Å². The fraction of sp³-hybridized carbons (Fsp3) is 0.207. The zero-order chi connectivity index (χ0) is 25.1. The third-order valence-corrected chi connectivity index (χ3v) is 6.25. The van der Waals surface area contributed by atoms with E-state index in [1.54, 1.807) is 24.3 Å². The quantitative estimate of drug-likeness (QED) is 0.473. The highest BCUT2D eigenvalue weighted by Crippen LogP contribution is 2.35. The van der Waals surface area contributed by atoms with Crippen molar-refractivity contribution in [2.75, 3.05) is 28.2 Å². The van der Waals surface area contributed by atoms with Crippen molar-refractivity contribution in [2.24, 2.45) is 0 Å². The van der Waals surface area contributed by atoms with E-state index in [-0.39, 0.29) is 5.70 Å². The van der Waals surface area contributed by atoms with Crippen molar-refractivity contribution in [3.05, 3.63) is 94.7 Å². The maximum absolute atomic E-state index is 13.7. The van der Waals surface area contributed by atoms with Crippen LogP contribution in [0.3, 0.4) is 0 Å². The number of anilines is 3. The van der Waals surface area contributed by atoms with Crippen LogP contribution < -0.4 is 15.1 Å². The molecule has 6 heteroatoms. The summed E-state index contributed by atoms with van der Waals surface area (Å²) in [5.41, 5.74) is 5.99. The lowest BCUT2D eigenvalue weighted by molar-refractivity contribution is -0.120. The lowest BCUT2D eigenvalue weighted by Crippen LogP contribution is -2.32. The Kier molecular flexibility index (Phi) is 6.70. The molecule has 2 amide bonds. The topological polar surface area (TPSA) is 76.4 Å². The summed E-state index contributed by atoms with van der Waals surface area (Å²) in [6.07, 6.45) is 0. The van der Waals surface area contributed by atoms with Gasteiger partial charge in [0.2, 0.25) is 0 Å². The highest BCUT2D eigenvalue weighted by molar-refractivity contribution is 6.46. The molecular weight excluding hydrogens is 436 g/mol. The number of hydrogen-bond acceptors (Lipinski definition) is 5. The first-order chi connectivity index (χ1) is 16.9. The van der Waals surface area contributed by atoms with E-state index in [9.17, 15) is 9.59 Å². The second-order valence-corrected chi connectivity index (χ2v) is 8.52. The molecule has 1 heterocycles. The molecule has 6 nitrogen and oxygen atoms in total.